The van der Waals surface area contributed by atoms with Crippen LogP contribution in [-0.4, -0.2) is 55.8 Å². The van der Waals surface area contributed by atoms with E-state index in [0.717, 1.165) is 31.5 Å². The molecule has 2 aliphatic heterocycles. The Morgan fingerprint density at radius 2 is 1.79 bits per heavy atom. The largest absolute Gasteiger partial charge is 0.358 e. The fourth-order valence-corrected chi connectivity index (χ4v) is 4.61. The highest BCUT2D eigenvalue weighted by atomic mass is 16.2. The molecule has 0 unspecified atom stereocenters. The summed E-state index contributed by atoms with van der Waals surface area (Å²) in [5.41, 5.74) is 3.92. The number of nitrogens with one attached hydrogen (secondary N) is 1. The van der Waals surface area contributed by atoms with Gasteiger partial charge in [-0.15, -0.1) is 0 Å². The van der Waals surface area contributed by atoms with Crippen LogP contribution in [0.1, 0.15) is 54.9 Å². The van der Waals surface area contributed by atoms with Crippen molar-refractivity contribution >= 4 is 34.8 Å². The van der Waals surface area contributed by atoms with Crippen LogP contribution in [-0.2, 0) is 9.59 Å². The monoisotopic (exact) mass is 448 g/mol. The van der Waals surface area contributed by atoms with Crippen LogP contribution < -0.4 is 15.1 Å². The summed E-state index contributed by atoms with van der Waals surface area (Å²) < 4.78 is 0. The lowest BCUT2D eigenvalue weighted by molar-refractivity contribution is -0.123. The van der Waals surface area contributed by atoms with E-state index in [0.29, 0.717) is 22.9 Å². The van der Waals surface area contributed by atoms with Crippen LogP contribution in [0.4, 0.5) is 17.1 Å². The molecule has 1 fully saturated rings. The van der Waals surface area contributed by atoms with Gasteiger partial charge in [0.15, 0.2) is 0 Å². The number of nitrogens with zero attached hydrogens (tertiary/aromatic N) is 3. The molecule has 0 radical (unpaired) electrons. The van der Waals surface area contributed by atoms with Crippen molar-refractivity contribution in [1.29, 1.82) is 0 Å². The van der Waals surface area contributed by atoms with Crippen molar-refractivity contribution in [2.75, 3.05) is 42.3 Å². The second-order valence-corrected chi connectivity index (χ2v) is 9.36. The molecule has 0 aromatic heterocycles. The highest BCUT2D eigenvalue weighted by Gasteiger charge is 2.40. The molecule has 33 heavy (non-hydrogen) atoms. The predicted octanol–water partition coefficient (Wildman–Crippen LogP) is 3.86. The SMILES string of the molecule is CC(C)c1ccc(NC(=O)CN2C(=O)[C@@H]3CCCCN3c3ccc(C(=O)N(C)C)cc32)cc1. The number of piperidine rings is 1. The van der Waals surface area contributed by atoms with Crippen LogP contribution in [0.5, 0.6) is 0 Å². The zero-order chi connectivity index (χ0) is 23.7. The molecule has 1 saturated heterocycles. The number of hydrogen-bond acceptors (Lipinski definition) is 4. The number of benzene rings is 2. The van der Waals surface area contributed by atoms with Gasteiger partial charge in [-0.1, -0.05) is 26.0 Å². The molecule has 0 saturated carbocycles. The van der Waals surface area contributed by atoms with E-state index in [2.05, 4.69) is 24.1 Å². The molecule has 7 heteroatoms. The first-order valence-electron chi connectivity index (χ1n) is 11.6. The summed E-state index contributed by atoms with van der Waals surface area (Å²) in [4.78, 5) is 44.2. The minimum Gasteiger partial charge on any atom is -0.358 e. The summed E-state index contributed by atoms with van der Waals surface area (Å²) in [6, 6.07) is 13.0. The molecule has 3 amide bonds. The van der Waals surface area contributed by atoms with E-state index in [1.54, 1.807) is 31.1 Å². The zero-order valence-electron chi connectivity index (χ0n) is 19.8. The summed E-state index contributed by atoms with van der Waals surface area (Å²) >= 11 is 0. The fourth-order valence-electron chi connectivity index (χ4n) is 4.61. The first-order valence-corrected chi connectivity index (χ1v) is 11.6. The van der Waals surface area contributed by atoms with E-state index in [-0.39, 0.29) is 30.3 Å². The Bertz CT molecular complexity index is 1060. The second kappa shape index (κ2) is 9.25. The van der Waals surface area contributed by atoms with Crippen molar-refractivity contribution in [2.45, 2.75) is 45.1 Å². The number of amides is 3. The third-order valence-electron chi connectivity index (χ3n) is 6.45. The number of carbonyl (C=O) groups excluding carboxylic acids is 3. The predicted molar refractivity (Wildman–Crippen MR) is 131 cm³/mol. The molecule has 4 rings (SSSR count). The molecular weight excluding hydrogens is 416 g/mol. The number of fused-ring (bicyclic) bond motifs is 3. The first kappa shape index (κ1) is 22.8. The average Bonchev–Trinajstić information content (AvgIpc) is 2.81. The Morgan fingerprint density at radius 3 is 2.45 bits per heavy atom. The number of carbonyl (C=O) groups is 3. The highest BCUT2D eigenvalue weighted by molar-refractivity contribution is 6.11. The number of rotatable bonds is 5. The van der Waals surface area contributed by atoms with E-state index >= 15 is 0 Å². The summed E-state index contributed by atoms with van der Waals surface area (Å²) in [6.45, 7) is 4.95. The molecule has 0 bridgehead atoms. The minimum atomic E-state index is -0.264. The van der Waals surface area contributed by atoms with Crippen LogP contribution >= 0.6 is 0 Å². The van der Waals surface area contributed by atoms with Crippen LogP contribution in [0.25, 0.3) is 0 Å². The molecule has 0 aliphatic carbocycles. The van der Waals surface area contributed by atoms with Crippen LogP contribution in [0, 0.1) is 0 Å². The quantitative estimate of drug-likeness (QED) is 0.754. The Hall–Kier alpha value is -3.35. The van der Waals surface area contributed by atoms with E-state index < -0.39 is 0 Å². The molecule has 2 aromatic carbocycles. The Kier molecular flexibility index (Phi) is 6.40. The number of anilines is 3. The lowest BCUT2D eigenvalue weighted by Crippen LogP contribution is -2.56. The molecule has 1 N–H and O–H groups in total. The van der Waals surface area contributed by atoms with Crippen LogP contribution in [0.15, 0.2) is 42.5 Å². The van der Waals surface area contributed by atoms with Gasteiger partial charge < -0.3 is 15.1 Å². The topological polar surface area (TPSA) is 73.0 Å². The Morgan fingerprint density at radius 1 is 1.06 bits per heavy atom. The van der Waals surface area contributed by atoms with Gasteiger partial charge in [0.1, 0.15) is 12.6 Å². The summed E-state index contributed by atoms with van der Waals surface area (Å²) in [5, 5.41) is 2.91. The van der Waals surface area contributed by atoms with Crippen molar-refractivity contribution in [3.63, 3.8) is 0 Å². The molecule has 2 heterocycles. The maximum Gasteiger partial charge on any atom is 0.253 e. The lowest BCUT2D eigenvalue weighted by Gasteiger charge is -2.45. The zero-order valence-corrected chi connectivity index (χ0v) is 19.8. The van der Waals surface area contributed by atoms with E-state index in [1.807, 2.05) is 30.3 Å². The summed E-state index contributed by atoms with van der Waals surface area (Å²) in [5.74, 6) is -0.0717. The normalized spacial score (nSPS) is 17.5. The minimum absolute atomic E-state index is 0.0815. The van der Waals surface area contributed by atoms with Crippen LogP contribution in [0.3, 0.4) is 0 Å². The molecular formula is C26H32N4O3. The van der Waals surface area contributed by atoms with Crippen molar-refractivity contribution in [2.24, 2.45) is 0 Å². The molecule has 1 atom stereocenters. The van der Waals surface area contributed by atoms with Gasteiger partial charge in [-0.25, -0.2) is 0 Å². The third-order valence-corrected chi connectivity index (χ3v) is 6.45. The second-order valence-electron chi connectivity index (χ2n) is 9.36. The molecule has 2 aromatic rings. The van der Waals surface area contributed by atoms with Crippen molar-refractivity contribution in [3.8, 4) is 0 Å². The lowest BCUT2D eigenvalue weighted by atomic mass is 9.95. The number of hydrogen-bond donors (Lipinski definition) is 1. The van der Waals surface area contributed by atoms with Gasteiger partial charge >= 0.3 is 0 Å². The van der Waals surface area contributed by atoms with Gasteiger partial charge in [-0.05, 0) is 61.1 Å². The molecule has 174 valence electrons. The third kappa shape index (κ3) is 4.58. The Balaban J connectivity index is 1.62. The smallest absolute Gasteiger partial charge is 0.253 e. The first-order chi connectivity index (χ1) is 15.8. The van der Waals surface area contributed by atoms with Crippen molar-refractivity contribution in [3.05, 3.63) is 53.6 Å². The van der Waals surface area contributed by atoms with Crippen molar-refractivity contribution in [1.82, 2.24) is 4.90 Å². The molecule has 2 aliphatic rings. The fraction of sp³-hybridized carbons (Fsp3) is 0.423. The maximum atomic E-state index is 13.5. The molecule has 0 spiro atoms. The summed E-state index contributed by atoms with van der Waals surface area (Å²) in [6.07, 6.45) is 2.78. The Labute approximate surface area is 195 Å². The standard InChI is InChI=1S/C26H32N4O3/c1-17(2)18-8-11-20(12-9-18)27-24(31)16-30-23-15-19(25(32)28(3)4)10-13-21(23)29-14-6-5-7-22(29)26(30)33/h8-13,15,17,22H,5-7,14,16H2,1-4H3,(H,27,31)/t22-/m0/s1. The average molecular weight is 449 g/mol. The van der Waals surface area contributed by atoms with Gasteiger partial charge in [-0.2, -0.15) is 0 Å². The van der Waals surface area contributed by atoms with Gasteiger partial charge in [0.2, 0.25) is 11.8 Å². The molecule has 7 nitrogen and oxygen atoms in total. The maximum absolute atomic E-state index is 13.5. The van der Waals surface area contributed by atoms with Gasteiger partial charge in [0, 0.05) is 31.9 Å². The van der Waals surface area contributed by atoms with Crippen LogP contribution in [0.2, 0.25) is 0 Å². The van der Waals surface area contributed by atoms with Gasteiger partial charge in [0.05, 0.1) is 11.4 Å². The van der Waals surface area contributed by atoms with Gasteiger partial charge in [-0.3, -0.25) is 19.3 Å². The van der Waals surface area contributed by atoms with Crippen molar-refractivity contribution < 1.29 is 14.4 Å². The highest BCUT2D eigenvalue weighted by Crippen LogP contribution is 2.40. The van der Waals surface area contributed by atoms with E-state index in [4.69, 9.17) is 0 Å². The van der Waals surface area contributed by atoms with E-state index in [9.17, 15) is 14.4 Å². The van der Waals surface area contributed by atoms with Gasteiger partial charge in [0.25, 0.3) is 5.91 Å². The van der Waals surface area contributed by atoms with E-state index in [1.165, 1.54) is 10.5 Å². The summed E-state index contributed by atoms with van der Waals surface area (Å²) in [7, 11) is 3.40.